The lowest BCUT2D eigenvalue weighted by molar-refractivity contribution is -0.137. The van der Waals surface area contributed by atoms with Crippen LogP contribution in [0.3, 0.4) is 0 Å². The number of rotatable bonds is 2. The number of hydrogen-bond acceptors (Lipinski definition) is 4. The van der Waals surface area contributed by atoms with E-state index in [2.05, 4.69) is 0 Å². The number of carbonyl (C=O) groups excluding carboxylic acids is 1. The number of halogens is 3. The van der Waals surface area contributed by atoms with E-state index in [4.69, 9.17) is 15.2 Å². The highest BCUT2D eigenvalue weighted by Crippen LogP contribution is 2.36. The first-order chi connectivity index (χ1) is 10.4. The van der Waals surface area contributed by atoms with E-state index in [1.54, 1.807) is 0 Å². The van der Waals surface area contributed by atoms with Crippen molar-refractivity contribution in [3.05, 3.63) is 41.3 Å². The maximum atomic E-state index is 12.8. The van der Waals surface area contributed by atoms with Gasteiger partial charge in [-0.15, -0.1) is 0 Å². The summed E-state index contributed by atoms with van der Waals surface area (Å²) in [7, 11) is 0. The highest BCUT2D eigenvalue weighted by Gasteiger charge is 2.42. The summed E-state index contributed by atoms with van der Waals surface area (Å²) in [5.74, 6) is -0.622. The molecule has 0 amide bonds. The monoisotopic (exact) mass is 313 g/mol. The van der Waals surface area contributed by atoms with Crippen LogP contribution in [0.25, 0.3) is 5.57 Å². The molecular formula is C15H14F3NO3. The Morgan fingerprint density at radius 3 is 2.68 bits per heavy atom. The van der Waals surface area contributed by atoms with E-state index < -0.39 is 17.8 Å². The summed E-state index contributed by atoms with van der Waals surface area (Å²) in [5.41, 5.74) is 5.05. The fourth-order valence-electron chi connectivity index (χ4n) is 2.75. The van der Waals surface area contributed by atoms with Gasteiger partial charge in [0.2, 0.25) is 5.78 Å². The smallest absolute Gasteiger partial charge is 0.416 e. The van der Waals surface area contributed by atoms with E-state index in [0.29, 0.717) is 19.6 Å². The van der Waals surface area contributed by atoms with Crippen LogP contribution in [0.2, 0.25) is 0 Å². The second kappa shape index (κ2) is 5.31. The molecule has 118 valence electrons. The van der Waals surface area contributed by atoms with Crippen LogP contribution in [-0.2, 0) is 20.4 Å². The lowest BCUT2D eigenvalue weighted by Crippen LogP contribution is -2.28. The normalized spacial score (nSPS) is 25.7. The highest BCUT2D eigenvalue weighted by molar-refractivity contribution is 6.25. The summed E-state index contributed by atoms with van der Waals surface area (Å²) >= 11 is 0. The molecule has 2 heterocycles. The Morgan fingerprint density at radius 1 is 1.27 bits per heavy atom. The molecule has 4 nitrogen and oxygen atoms in total. The number of nitrogens with two attached hydrogens (primary N) is 1. The van der Waals surface area contributed by atoms with Gasteiger partial charge in [-0.3, -0.25) is 4.79 Å². The molecule has 1 saturated heterocycles. The maximum absolute atomic E-state index is 12.8. The third-order valence-electron chi connectivity index (χ3n) is 3.88. The average Bonchev–Trinajstić information content (AvgIpc) is 3.06. The summed E-state index contributed by atoms with van der Waals surface area (Å²) in [4.78, 5) is 12.5. The van der Waals surface area contributed by atoms with Crippen molar-refractivity contribution in [2.45, 2.75) is 18.7 Å². The summed E-state index contributed by atoms with van der Waals surface area (Å²) < 4.78 is 49.0. The SMILES string of the molecule is NC1=C(c2cccc(C(F)(F)F)c2)C(=O)C(C2CCOC2)O1. The molecule has 2 atom stereocenters. The zero-order chi connectivity index (χ0) is 15.9. The summed E-state index contributed by atoms with van der Waals surface area (Å²) in [5, 5.41) is 0. The number of carbonyl (C=O) groups is 1. The van der Waals surface area contributed by atoms with Gasteiger partial charge in [-0.05, 0) is 24.1 Å². The minimum atomic E-state index is -4.48. The van der Waals surface area contributed by atoms with Crippen molar-refractivity contribution in [1.29, 1.82) is 0 Å². The first kappa shape index (κ1) is 14.9. The number of alkyl halides is 3. The fraction of sp³-hybridized carbons (Fsp3) is 0.400. The molecule has 3 rings (SSSR count). The van der Waals surface area contributed by atoms with Crippen LogP contribution in [0.5, 0.6) is 0 Å². The molecular weight excluding hydrogens is 299 g/mol. The van der Waals surface area contributed by atoms with Crippen LogP contribution >= 0.6 is 0 Å². The van der Waals surface area contributed by atoms with Gasteiger partial charge in [0.1, 0.15) is 0 Å². The Kier molecular flexibility index (Phi) is 3.60. The third-order valence-corrected chi connectivity index (χ3v) is 3.88. The fourth-order valence-corrected chi connectivity index (χ4v) is 2.75. The number of Topliss-reactive ketones (excluding diaryl/α,β-unsaturated/α-hetero) is 1. The predicted molar refractivity (Wildman–Crippen MR) is 71.4 cm³/mol. The highest BCUT2D eigenvalue weighted by atomic mass is 19.4. The molecule has 7 heteroatoms. The van der Waals surface area contributed by atoms with E-state index in [-0.39, 0.29) is 28.7 Å². The molecule has 0 saturated carbocycles. The quantitative estimate of drug-likeness (QED) is 0.910. The molecule has 0 aliphatic carbocycles. The van der Waals surface area contributed by atoms with Crippen molar-refractivity contribution < 1.29 is 27.4 Å². The summed E-state index contributed by atoms with van der Waals surface area (Å²) in [6.45, 7) is 0.927. The Bertz CT molecular complexity index is 633. The topological polar surface area (TPSA) is 61.6 Å². The van der Waals surface area contributed by atoms with Crippen LogP contribution in [0, 0.1) is 5.92 Å². The van der Waals surface area contributed by atoms with Gasteiger partial charge in [-0.25, -0.2) is 0 Å². The van der Waals surface area contributed by atoms with Gasteiger partial charge in [-0.1, -0.05) is 12.1 Å². The first-order valence-corrected chi connectivity index (χ1v) is 6.84. The van der Waals surface area contributed by atoms with Gasteiger partial charge in [0.15, 0.2) is 12.0 Å². The van der Waals surface area contributed by atoms with Gasteiger partial charge >= 0.3 is 6.18 Å². The average molecular weight is 313 g/mol. The van der Waals surface area contributed by atoms with Crippen molar-refractivity contribution in [3.63, 3.8) is 0 Å². The van der Waals surface area contributed by atoms with Gasteiger partial charge < -0.3 is 15.2 Å². The Morgan fingerprint density at radius 2 is 2.05 bits per heavy atom. The molecule has 2 aliphatic rings. The molecule has 0 radical (unpaired) electrons. The lowest BCUT2D eigenvalue weighted by Gasteiger charge is -2.15. The molecule has 1 aromatic carbocycles. The molecule has 1 fully saturated rings. The number of hydrogen-bond donors (Lipinski definition) is 1. The molecule has 1 aromatic rings. The molecule has 2 aliphatic heterocycles. The zero-order valence-corrected chi connectivity index (χ0v) is 11.5. The van der Waals surface area contributed by atoms with Crippen molar-refractivity contribution in [3.8, 4) is 0 Å². The molecule has 2 unspecified atom stereocenters. The third kappa shape index (κ3) is 2.56. The Hall–Kier alpha value is -2.02. The van der Waals surface area contributed by atoms with Crippen LogP contribution in [0.15, 0.2) is 30.1 Å². The van der Waals surface area contributed by atoms with Gasteiger partial charge in [0.05, 0.1) is 17.7 Å². The lowest BCUT2D eigenvalue weighted by atomic mass is 9.92. The van der Waals surface area contributed by atoms with Crippen LogP contribution in [0.4, 0.5) is 13.2 Å². The second-order valence-electron chi connectivity index (χ2n) is 5.34. The summed E-state index contributed by atoms with van der Waals surface area (Å²) in [6, 6.07) is 4.53. The first-order valence-electron chi connectivity index (χ1n) is 6.84. The molecule has 2 N–H and O–H groups in total. The Balaban J connectivity index is 1.91. The van der Waals surface area contributed by atoms with Crippen molar-refractivity contribution in [2.75, 3.05) is 13.2 Å². The van der Waals surface area contributed by atoms with E-state index >= 15 is 0 Å². The maximum Gasteiger partial charge on any atom is 0.416 e. The molecule has 0 spiro atoms. The molecule has 22 heavy (non-hydrogen) atoms. The van der Waals surface area contributed by atoms with E-state index in [0.717, 1.165) is 12.1 Å². The molecule has 0 bridgehead atoms. The minimum Gasteiger partial charge on any atom is -0.467 e. The van der Waals surface area contributed by atoms with Crippen LogP contribution in [0.1, 0.15) is 17.5 Å². The van der Waals surface area contributed by atoms with Crippen molar-refractivity contribution in [1.82, 2.24) is 0 Å². The Labute approximate surface area is 124 Å². The zero-order valence-electron chi connectivity index (χ0n) is 11.5. The second-order valence-corrected chi connectivity index (χ2v) is 5.34. The predicted octanol–water partition coefficient (Wildman–Crippen LogP) is 2.34. The largest absolute Gasteiger partial charge is 0.467 e. The van der Waals surface area contributed by atoms with E-state index in [1.165, 1.54) is 12.1 Å². The van der Waals surface area contributed by atoms with Crippen molar-refractivity contribution in [2.24, 2.45) is 11.7 Å². The van der Waals surface area contributed by atoms with Crippen LogP contribution in [-0.4, -0.2) is 25.1 Å². The van der Waals surface area contributed by atoms with Gasteiger partial charge in [0.25, 0.3) is 0 Å². The summed E-state index contributed by atoms with van der Waals surface area (Å²) in [6.07, 6.45) is -4.58. The van der Waals surface area contributed by atoms with Crippen LogP contribution < -0.4 is 5.73 Å². The van der Waals surface area contributed by atoms with E-state index in [1.807, 2.05) is 0 Å². The minimum absolute atomic E-state index is 0.0167. The number of benzene rings is 1. The molecule has 0 aromatic heterocycles. The van der Waals surface area contributed by atoms with Crippen molar-refractivity contribution >= 4 is 11.4 Å². The van der Waals surface area contributed by atoms with E-state index in [9.17, 15) is 18.0 Å². The van der Waals surface area contributed by atoms with Gasteiger partial charge in [-0.2, -0.15) is 13.2 Å². The standard InChI is InChI=1S/C15H14F3NO3/c16-15(17,18)10-3-1-2-8(6-10)11-12(20)13(22-14(11)19)9-4-5-21-7-9/h1-3,6,9,13H,4-5,7,19H2. The number of ether oxygens (including phenoxy) is 2. The van der Waals surface area contributed by atoms with Gasteiger partial charge in [0, 0.05) is 12.5 Å². The number of ketones is 1.